The van der Waals surface area contributed by atoms with Gasteiger partial charge in [0.1, 0.15) is 0 Å². The molecule has 1 heterocycles. The third-order valence-electron chi connectivity index (χ3n) is 4.51. The maximum absolute atomic E-state index is 12.7. The number of rotatable bonds is 3. The summed E-state index contributed by atoms with van der Waals surface area (Å²) in [6.07, 6.45) is 0. The Hall–Kier alpha value is -2.00. The molecule has 0 radical (unpaired) electrons. The zero-order valence-corrected chi connectivity index (χ0v) is 17.6. The Morgan fingerprint density at radius 1 is 1.00 bits per heavy atom. The number of benzene rings is 2. The number of sulfonamides is 1. The normalized spacial score (nSPS) is 15.3. The second kappa shape index (κ2) is 8.57. The molecule has 0 unspecified atom stereocenters. The van der Waals surface area contributed by atoms with E-state index in [1.54, 1.807) is 29.2 Å². The Morgan fingerprint density at radius 3 is 2.14 bits per heavy atom. The second-order valence-corrected chi connectivity index (χ2v) is 9.23. The van der Waals surface area contributed by atoms with Crippen molar-refractivity contribution >= 4 is 44.9 Å². The summed E-state index contributed by atoms with van der Waals surface area (Å²) in [5, 5.41) is 3.50. The molecule has 0 bridgehead atoms. The molecule has 2 aromatic rings. The van der Waals surface area contributed by atoms with Gasteiger partial charge in [-0.1, -0.05) is 29.3 Å². The topological polar surface area (TPSA) is 69.7 Å². The first-order chi connectivity index (χ1) is 13.3. The highest BCUT2D eigenvalue weighted by Gasteiger charge is 2.29. The summed E-state index contributed by atoms with van der Waals surface area (Å²) in [4.78, 5) is 14.3. The standard InChI is InChI=1S/C19H20ClN3O3S2/c1-14-2-4-15(5-3-14)18(24)21-19(27)22-10-12-23(13-11-22)28(25,26)17-8-6-16(20)7-9-17/h2-9H,10-13H2,1H3,(H,21,24,27). The maximum atomic E-state index is 12.7. The van der Waals surface area contributed by atoms with Gasteiger partial charge in [0.25, 0.3) is 5.91 Å². The number of halogens is 1. The molecule has 0 saturated carbocycles. The summed E-state index contributed by atoms with van der Waals surface area (Å²) < 4.78 is 26.9. The van der Waals surface area contributed by atoms with E-state index in [0.29, 0.717) is 28.8 Å². The van der Waals surface area contributed by atoms with Crippen molar-refractivity contribution < 1.29 is 13.2 Å². The molecule has 1 fully saturated rings. The van der Waals surface area contributed by atoms with Crippen molar-refractivity contribution in [3.8, 4) is 0 Å². The summed E-state index contributed by atoms with van der Waals surface area (Å²) in [5.41, 5.74) is 1.59. The van der Waals surface area contributed by atoms with Crippen molar-refractivity contribution in [2.45, 2.75) is 11.8 Å². The van der Waals surface area contributed by atoms with Crippen molar-refractivity contribution in [3.63, 3.8) is 0 Å². The van der Waals surface area contributed by atoms with E-state index in [1.807, 2.05) is 19.1 Å². The minimum Gasteiger partial charge on any atom is -0.346 e. The first-order valence-electron chi connectivity index (χ1n) is 8.70. The summed E-state index contributed by atoms with van der Waals surface area (Å²) in [6.45, 7) is 3.32. The van der Waals surface area contributed by atoms with E-state index >= 15 is 0 Å². The highest BCUT2D eigenvalue weighted by atomic mass is 35.5. The van der Waals surface area contributed by atoms with Gasteiger partial charge in [-0.3, -0.25) is 10.1 Å². The van der Waals surface area contributed by atoms with Gasteiger partial charge in [-0.2, -0.15) is 4.31 Å². The minimum absolute atomic E-state index is 0.209. The Labute approximate surface area is 175 Å². The SMILES string of the molecule is Cc1ccc(C(=O)NC(=S)N2CCN(S(=O)(=O)c3ccc(Cl)cc3)CC2)cc1. The fourth-order valence-corrected chi connectivity index (χ4v) is 4.66. The van der Waals surface area contributed by atoms with E-state index in [2.05, 4.69) is 5.32 Å². The van der Waals surface area contributed by atoms with Crippen molar-refractivity contribution in [1.29, 1.82) is 0 Å². The number of nitrogens with zero attached hydrogens (tertiary/aromatic N) is 2. The van der Waals surface area contributed by atoms with Crippen LogP contribution >= 0.6 is 23.8 Å². The van der Waals surface area contributed by atoms with Crippen LogP contribution in [0.25, 0.3) is 0 Å². The van der Waals surface area contributed by atoms with Gasteiger partial charge < -0.3 is 4.90 Å². The van der Waals surface area contributed by atoms with Gasteiger partial charge in [0, 0.05) is 36.8 Å². The molecule has 0 aliphatic carbocycles. The number of nitrogens with one attached hydrogen (secondary N) is 1. The van der Waals surface area contributed by atoms with Gasteiger partial charge >= 0.3 is 0 Å². The largest absolute Gasteiger partial charge is 0.346 e. The van der Waals surface area contributed by atoms with Crippen LogP contribution in [0.5, 0.6) is 0 Å². The number of piperazine rings is 1. The molecule has 148 valence electrons. The maximum Gasteiger partial charge on any atom is 0.257 e. The number of carbonyl (C=O) groups excluding carboxylic acids is 1. The monoisotopic (exact) mass is 437 g/mol. The van der Waals surface area contributed by atoms with Crippen LogP contribution in [0.4, 0.5) is 0 Å². The van der Waals surface area contributed by atoms with E-state index in [-0.39, 0.29) is 23.9 Å². The number of hydrogen-bond donors (Lipinski definition) is 1. The van der Waals surface area contributed by atoms with Crippen molar-refractivity contribution in [2.75, 3.05) is 26.2 Å². The predicted molar refractivity (Wildman–Crippen MR) is 113 cm³/mol. The third-order valence-corrected chi connectivity index (χ3v) is 7.04. The molecule has 1 amide bonds. The Kier molecular flexibility index (Phi) is 6.34. The van der Waals surface area contributed by atoms with Crippen LogP contribution in [0.2, 0.25) is 5.02 Å². The molecular weight excluding hydrogens is 418 g/mol. The first-order valence-corrected chi connectivity index (χ1v) is 10.9. The van der Waals surface area contributed by atoms with E-state index in [4.69, 9.17) is 23.8 Å². The Bertz CT molecular complexity index is 968. The Balaban J connectivity index is 1.58. The highest BCUT2D eigenvalue weighted by Crippen LogP contribution is 2.20. The van der Waals surface area contributed by atoms with Gasteiger partial charge in [0.05, 0.1) is 4.90 Å². The molecule has 9 heteroatoms. The lowest BCUT2D eigenvalue weighted by Crippen LogP contribution is -2.53. The molecule has 2 aromatic carbocycles. The Morgan fingerprint density at radius 2 is 1.57 bits per heavy atom. The fourth-order valence-electron chi connectivity index (χ4n) is 2.84. The average molecular weight is 438 g/mol. The molecule has 0 spiro atoms. The summed E-state index contributed by atoms with van der Waals surface area (Å²) in [6, 6.07) is 13.3. The molecule has 0 atom stereocenters. The van der Waals surface area contributed by atoms with Crippen LogP contribution < -0.4 is 5.32 Å². The van der Waals surface area contributed by atoms with Crippen molar-refractivity contribution in [1.82, 2.24) is 14.5 Å². The van der Waals surface area contributed by atoms with Crippen LogP contribution in [0.1, 0.15) is 15.9 Å². The molecule has 1 aliphatic heterocycles. The summed E-state index contributed by atoms with van der Waals surface area (Å²) in [5.74, 6) is -0.277. The number of carbonyl (C=O) groups is 1. The number of thiocarbonyl (C=S) groups is 1. The second-order valence-electron chi connectivity index (χ2n) is 6.47. The molecule has 1 N–H and O–H groups in total. The zero-order chi connectivity index (χ0) is 20.3. The van der Waals surface area contributed by atoms with Crippen LogP contribution in [-0.4, -0.2) is 54.8 Å². The lowest BCUT2D eigenvalue weighted by molar-refractivity contribution is 0.0971. The molecule has 28 heavy (non-hydrogen) atoms. The summed E-state index contributed by atoms with van der Waals surface area (Å²) >= 11 is 11.2. The third kappa shape index (κ3) is 4.70. The van der Waals surface area contributed by atoms with Gasteiger partial charge in [0.2, 0.25) is 10.0 Å². The van der Waals surface area contributed by atoms with Crippen LogP contribution in [0.3, 0.4) is 0 Å². The van der Waals surface area contributed by atoms with Gasteiger partial charge in [-0.05, 0) is 55.5 Å². The van der Waals surface area contributed by atoms with E-state index in [1.165, 1.54) is 16.4 Å². The predicted octanol–water partition coefficient (Wildman–Crippen LogP) is 2.67. The van der Waals surface area contributed by atoms with E-state index < -0.39 is 10.0 Å². The fraction of sp³-hybridized carbons (Fsp3) is 0.263. The number of aryl methyl sites for hydroxylation is 1. The highest BCUT2D eigenvalue weighted by molar-refractivity contribution is 7.89. The molecule has 1 aliphatic rings. The number of hydrogen-bond acceptors (Lipinski definition) is 4. The lowest BCUT2D eigenvalue weighted by Gasteiger charge is -2.35. The smallest absolute Gasteiger partial charge is 0.257 e. The zero-order valence-electron chi connectivity index (χ0n) is 15.3. The van der Waals surface area contributed by atoms with Crippen LogP contribution in [-0.2, 0) is 10.0 Å². The average Bonchev–Trinajstić information content (AvgIpc) is 2.69. The van der Waals surface area contributed by atoms with E-state index in [9.17, 15) is 13.2 Å². The number of amides is 1. The molecule has 6 nitrogen and oxygen atoms in total. The molecular formula is C19H20ClN3O3S2. The summed E-state index contributed by atoms with van der Waals surface area (Å²) in [7, 11) is -3.58. The van der Waals surface area contributed by atoms with Crippen LogP contribution in [0, 0.1) is 6.92 Å². The van der Waals surface area contributed by atoms with Crippen LogP contribution in [0.15, 0.2) is 53.4 Å². The lowest BCUT2D eigenvalue weighted by atomic mass is 10.1. The quantitative estimate of drug-likeness (QED) is 0.747. The van der Waals surface area contributed by atoms with Gasteiger partial charge in [-0.15, -0.1) is 0 Å². The van der Waals surface area contributed by atoms with Gasteiger partial charge in [0.15, 0.2) is 5.11 Å². The van der Waals surface area contributed by atoms with E-state index in [0.717, 1.165) is 5.56 Å². The molecule has 0 aromatic heterocycles. The van der Waals surface area contributed by atoms with Crippen molar-refractivity contribution in [3.05, 3.63) is 64.7 Å². The minimum atomic E-state index is -3.58. The molecule has 1 saturated heterocycles. The first kappa shape index (κ1) is 20.7. The van der Waals surface area contributed by atoms with Gasteiger partial charge in [-0.25, -0.2) is 8.42 Å². The van der Waals surface area contributed by atoms with Crippen molar-refractivity contribution in [2.24, 2.45) is 0 Å². The molecule has 3 rings (SSSR count).